The van der Waals surface area contributed by atoms with Gasteiger partial charge in [0.25, 0.3) is 0 Å². The summed E-state index contributed by atoms with van der Waals surface area (Å²) in [5, 5.41) is 12.4. The molecule has 0 fully saturated rings. The number of imidazole rings is 1. The van der Waals surface area contributed by atoms with Crippen LogP contribution in [0.15, 0.2) is 164 Å². The molecule has 0 saturated heterocycles. The molecule has 0 bridgehead atoms. The highest BCUT2D eigenvalue weighted by molar-refractivity contribution is 5.98. The molecular weight excluding hydrogens is 839 g/mol. The van der Waals surface area contributed by atoms with Crippen molar-refractivity contribution in [2.24, 2.45) is 0 Å². The van der Waals surface area contributed by atoms with Crippen LogP contribution in [0.3, 0.4) is 0 Å². The minimum absolute atomic E-state index is 0.0872. The van der Waals surface area contributed by atoms with Crippen LogP contribution in [0.25, 0.3) is 83.9 Å². The van der Waals surface area contributed by atoms with Crippen LogP contribution in [0.5, 0.6) is 5.75 Å². The third-order valence-corrected chi connectivity index (χ3v) is 14.7. The topological polar surface area (TPSA) is 50.9 Å². The molecule has 2 aromatic heterocycles. The lowest BCUT2D eigenvalue weighted by molar-refractivity contribution is 0.330. The predicted molar refractivity (Wildman–Crippen MR) is 291 cm³/mol. The number of fused-ring (bicyclic) bond motifs is 2. The summed E-state index contributed by atoms with van der Waals surface area (Å²) < 4.78 is 26.9. The first-order valence-corrected chi connectivity index (χ1v) is 24.4. The van der Waals surface area contributed by atoms with Gasteiger partial charge in [0.05, 0.1) is 28.0 Å². The number of rotatable bonds is 7. The van der Waals surface area contributed by atoms with Crippen LogP contribution in [0.1, 0.15) is 114 Å². The molecule has 0 spiro atoms. The lowest BCUT2D eigenvalue weighted by Crippen LogP contribution is -2.33. The van der Waals surface area contributed by atoms with Crippen LogP contribution < -0.4 is 0 Å². The first kappa shape index (κ1) is 42.1. The van der Waals surface area contributed by atoms with E-state index in [-0.39, 0.29) is 27.4 Å². The first-order chi connectivity index (χ1) is 34.0. The average Bonchev–Trinajstić information content (AvgIpc) is 3.74. The fourth-order valence-electron chi connectivity index (χ4n) is 10.4. The summed E-state index contributed by atoms with van der Waals surface area (Å²) in [6.07, 6.45) is 3.93. The van der Waals surface area contributed by atoms with Crippen LogP contribution in [0, 0.1) is 6.85 Å². The van der Waals surface area contributed by atoms with E-state index in [1.54, 1.807) is 12.1 Å². The van der Waals surface area contributed by atoms with Crippen molar-refractivity contribution in [3.63, 3.8) is 0 Å². The van der Waals surface area contributed by atoms with Gasteiger partial charge in [-0.1, -0.05) is 178 Å². The van der Waals surface area contributed by atoms with Crippen LogP contribution in [-0.2, 0) is 21.7 Å². The van der Waals surface area contributed by atoms with Gasteiger partial charge in [-0.25, -0.2) is 4.98 Å². The van der Waals surface area contributed by atoms with Gasteiger partial charge in [0.1, 0.15) is 11.6 Å². The van der Waals surface area contributed by atoms with Crippen molar-refractivity contribution in [2.75, 3.05) is 0 Å². The fourth-order valence-corrected chi connectivity index (χ4v) is 10.4. The van der Waals surface area contributed by atoms with E-state index in [1.807, 2.05) is 54.7 Å². The molecule has 4 nitrogen and oxygen atoms in total. The molecule has 0 atom stereocenters. The number of phenolic OH excluding ortho intramolecular Hbond substituents is 1. The lowest BCUT2D eigenvalue weighted by Gasteiger charge is -2.42. The van der Waals surface area contributed by atoms with Gasteiger partial charge < -0.3 is 5.11 Å². The Morgan fingerprint density at radius 2 is 1.17 bits per heavy atom. The van der Waals surface area contributed by atoms with Crippen molar-refractivity contribution in [1.82, 2.24) is 14.5 Å². The highest BCUT2D eigenvalue weighted by atomic mass is 16.3. The normalized spacial score (nSPS) is 15.3. The Labute approximate surface area is 414 Å². The monoisotopic (exact) mass is 907 g/mol. The van der Waals surface area contributed by atoms with E-state index in [1.165, 1.54) is 16.7 Å². The van der Waals surface area contributed by atoms with Crippen LogP contribution in [-0.4, -0.2) is 19.6 Å². The van der Waals surface area contributed by atoms with Crippen molar-refractivity contribution < 1.29 is 9.22 Å². The zero-order chi connectivity index (χ0) is 51.1. The molecule has 346 valence electrons. The van der Waals surface area contributed by atoms with E-state index in [2.05, 4.69) is 171 Å². The highest BCUT2D eigenvalue weighted by Crippen LogP contribution is 2.50. The number of hydrogen-bond donors (Lipinski definition) is 1. The third kappa shape index (κ3) is 8.49. The minimum atomic E-state index is -2.25. The highest BCUT2D eigenvalue weighted by Gasteiger charge is 2.38. The van der Waals surface area contributed by atoms with E-state index in [4.69, 9.17) is 14.1 Å². The van der Waals surface area contributed by atoms with Gasteiger partial charge in [-0.2, -0.15) is 0 Å². The summed E-state index contributed by atoms with van der Waals surface area (Å²) in [7, 11) is 0. The van der Waals surface area contributed by atoms with E-state index in [0.29, 0.717) is 17.0 Å². The van der Waals surface area contributed by atoms with Gasteiger partial charge in [-0.05, 0) is 152 Å². The van der Waals surface area contributed by atoms with Crippen LogP contribution >= 0.6 is 0 Å². The number of phenols is 1. The van der Waals surface area contributed by atoms with Gasteiger partial charge in [-0.15, -0.1) is 0 Å². The molecule has 1 aliphatic rings. The third-order valence-electron chi connectivity index (χ3n) is 14.7. The number of benzene rings is 7. The zero-order valence-corrected chi connectivity index (χ0v) is 41.8. The number of para-hydroxylation sites is 1. The Morgan fingerprint density at radius 1 is 0.522 bits per heavy atom. The molecule has 10 rings (SSSR count). The summed E-state index contributed by atoms with van der Waals surface area (Å²) >= 11 is 0. The maximum Gasteiger partial charge on any atom is 0.149 e. The first-order valence-electron chi connectivity index (χ1n) is 25.9. The molecule has 0 aliphatic heterocycles. The summed E-state index contributed by atoms with van der Waals surface area (Å²) in [6.45, 7) is 20.4. The van der Waals surface area contributed by atoms with Crippen LogP contribution in [0.2, 0.25) is 0 Å². The van der Waals surface area contributed by atoms with Gasteiger partial charge in [0.15, 0.2) is 0 Å². The quantitative estimate of drug-likeness (QED) is 0.173. The molecule has 0 unspecified atom stereocenters. The van der Waals surface area contributed by atoms with Gasteiger partial charge in [0, 0.05) is 27.0 Å². The van der Waals surface area contributed by atoms with Crippen molar-refractivity contribution in [2.45, 2.75) is 111 Å². The SMILES string of the molecule is [2H]C([2H])([2H])c1ccc(-c2ccnc(-c3cc(-c4cccc5c4nc(-c4cc6c(cc4O)C(C)(C)CCC6(C)C)n5-c4ccc(C(C)(C)C)cc4-c4ccccc4)cc(C(C)(C)C)c3)c2)c(-c2ccccc2)c1. The molecular formula is C65H65N3O. The van der Waals surface area contributed by atoms with Gasteiger partial charge >= 0.3 is 0 Å². The lowest BCUT2D eigenvalue weighted by atomic mass is 9.63. The maximum absolute atomic E-state index is 12.4. The Morgan fingerprint density at radius 3 is 1.84 bits per heavy atom. The molecule has 1 N–H and O–H groups in total. The summed E-state index contributed by atoms with van der Waals surface area (Å²) in [6, 6.07) is 54.4. The second kappa shape index (κ2) is 16.9. The van der Waals surface area contributed by atoms with Gasteiger partial charge in [-0.3, -0.25) is 9.55 Å². The molecule has 69 heavy (non-hydrogen) atoms. The Hall–Kier alpha value is -7.04. The molecule has 9 aromatic rings. The van der Waals surface area contributed by atoms with E-state index < -0.39 is 6.85 Å². The van der Waals surface area contributed by atoms with E-state index in [9.17, 15) is 5.11 Å². The van der Waals surface area contributed by atoms with E-state index in [0.717, 1.165) is 90.9 Å². The average molecular weight is 907 g/mol. The van der Waals surface area contributed by atoms with Crippen molar-refractivity contribution in [3.05, 3.63) is 192 Å². The number of aromatic nitrogens is 3. The second-order valence-electron chi connectivity index (χ2n) is 22.6. The molecule has 0 radical (unpaired) electrons. The van der Waals surface area contributed by atoms with Crippen molar-refractivity contribution in [1.29, 1.82) is 0 Å². The van der Waals surface area contributed by atoms with Gasteiger partial charge in [0.2, 0.25) is 0 Å². The van der Waals surface area contributed by atoms with Crippen LogP contribution in [0.4, 0.5) is 0 Å². The number of hydrogen-bond acceptors (Lipinski definition) is 3. The summed E-state index contributed by atoms with van der Waals surface area (Å²) in [4.78, 5) is 10.7. The Kier molecular flexibility index (Phi) is 10.3. The zero-order valence-electron chi connectivity index (χ0n) is 44.8. The molecule has 7 aromatic carbocycles. The number of pyridine rings is 1. The standard InChI is InChI=1S/C65H65N3O/c1-41-25-27-49(51(33-41)42-19-14-12-15-20-42)44-29-32-66-56(37-44)46-34-45(35-48(36-46)63(5,6)7)50-23-18-24-58-60(50)67-61(53-39-54-55(40-59(53)69)65(10,11)31-30-64(54,8)9)68(58)57-28-26-47(62(2,3)4)38-52(57)43-21-16-13-17-22-43/h12-29,32-40,69H,30-31H2,1-11H3/i1D3. The minimum Gasteiger partial charge on any atom is -0.507 e. The fraction of sp³-hybridized carbons (Fsp3) is 0.262. The number of aromatic hydroxyl groups is 1. The number of nitrogens with zero attached hydrogens (tertiary/aromatic N) is 3. The van der Waals surface area contributed by atoms with Crippen molar-refractivity contribution in [3.8, 4) is 78.6 Å². The molecule has 0 amide bonds. The van der Waals surface area contributed by atoms with E-state index >= 15 is 0 Å². The van der Waals surface area contributed by atoms with Crippen molar-refractivity contribution >= 4 is 11.0 Å². The summed E-state index contributed by atoms with van der Waals surface area (Å²) in [5.74, 6) is 0.898. The smallest absolute Gasteiger partial charge is 0.149 e. The Bertz CT molecular complexity index is 3530. The second-order valence-corrected chi connectivity index (χ2v) is 22.6. The molecule has 0 saturated carbocycles. The maximum atomic E-state index is 12.4. The predicted octanol–water partition coefficient (Wildman–Crippen LogP) is 17.4. The molecule has 4 heteroatoms. The molecule has 1 aliphatic carbocycles. The largest absolute Gasteiger partial charge is 0.507 e. The summed E-state index contributed by atoms with van der Waals surface area (Å²) in [5.41, 5.74) is 17.6. The molecule has 2 heterocycles. The number of aryl methyl sites for hydroxylation is 1. The Balaban J connectivity index is 1.22.